The van der Waals surface area contributed by atoms with Crippen LogP contribution in [0.3, 0.4) is 0 Å². The van der Waals surface area contributed by atoms with Gasteiger partial charge in [0, 0.05) is 6.42 Å². The largest absolute Gasteiger partial charge is 0.480 e. The van der Waals surface area contributed by atoms with E-state index in [9.17, 15) is 9.59 Å². The van der Waals surface area contributed by atoms with E-state index in [2.05, 4.69) is 5.32 Å². The topological polar surface area (TPSA) is 66.4 Å². The number of carbonyl (C=O) groups is 2. The Morgan fingerprint density at radius 2 is 1.74 bits per heavy atom. The molecule has 0 spiro atoms. The predicted molar refractivity (Wildman–Crippen MR) is 76.1 cm³/mol. The van der Waals surface area contributed by atoms with Crippen molar-refractivity contribution in [3.05, 3.63) is 35.4 Å². The van der Waals surface area contributed by atoms with E-state index in [1.54, 1.807) is 0 Å². The molecule has 0 aliphatic heterocycles. The van der Waals surface area contributed by atoms with Gasteiger partial charge < -0.3 is 10.4 Å². The Morgan fingerprint density at radius 1 is 1.16 bits per heavy atom. The lowest BCUT2D eigenvalue weighted by molar-refractivity contribution is -0.137. The van der Waals surface area contributed by atoms with Crippen molar-refractivity contribution in [1.82, 2.24) is 5.32 Å². The van der Waals surface area contributed by atoms with Crippen molar-refractivity contribution >= 4 is 11.9 Å². The van der Waals surface area contributed by atoms with Gasteiger partial charge in [0.2, 0.25) is 5.91 Å². The molecule has 0 unspecified atom stereocenters. The Kier molecular flexibility index (Phi) is 9.14. The molecule has 0 fully saturated rings. The molecule has 0 aliphatic rings. The number of amides is 1. The van der Waals surface area contributed by atoms with Crippen LogP contribution in [0.4, 0.5) is 0 Å². The molecule has 19 heavy (non-hydrogen) atoms. The first-order valence-corrected chi connectivity index (χ1v) is 6.62. The molecule has 0 saturated heterocycles. The Bertz CT molecular complexity index is 385. The van der Waals surface area contributed by atoms with E-state index < -0.39 is 5.97 Å². The third-order valence-electron chi connectivity index (χ3n) is 2.43. The average Bonchev–Trinajstić information content (AvgIpc) is 2.41. The number of nitrogens with one attached hydrogen (secondary N) is 1. The zero-order valence-electron chi connectivity index (χ0n) is 11.9. The van der Waals surface area contributed by atoms with Gasteiger partial charge in [0.15, 0.2) is 0 Å². The van der Waals surface area contributed by atoms with Gasteiger partial charge >= 0.3 is 5.97 Å². The Morgan fingerprint density at radius 3 is 2.26 bits per heavy atom. The molecule has 4 heteroatoms. The summed E-state index contributed by atoms with van der Waals surface area (Å²) in [5, 5.41) is 10.7. The quantitative estimate of drug-likeness (QED) is 0.830. The van der Waals surface area contributed by atoms with Crippen molar-refractivity contribution in [3.63, 3.8) is 0 Å². The molecule has 106 valence electrons. The summed E-state index contributed by atoms with van der Waals surface area (Å²) < 4.78 is 0. The van der Waals surface area contributed by atoms with Crippen LogP contribution < -0.4 is 5.32 Å². The summed E-state index contributed by atoms with van der Waals surface area (Å²) in [5.74, 6) is -1.23. The van der Waals surface area contributed by atoms with E-state index in [-0.39, 0.29) is 12.5 Å². The van der Waals surface area contributed by atoms with Crippen molar-refractivity contribution in [2.45, 2.75) is 40.0 Å². The standard InChI is InChI=1S/C13H17NO3.C2H6/c1-10-5-7-11(8-6-10)3-2-4-12(15)14-9-13(16)17;1-2/h5-8H,2-4,9H2,1H3,(H,14,15)(H,16,17);1-2H3. The summed E-state index contributed by atoms with van der Waals surface area (Å²) >= 11 is 0. The number of carbonyl (C=O) groups excluding carboxylic acids is 1. The number of aliphatic carboxylic acids is 1. The molecule has 0 saturated carbocycles. The molecule has 0 radical (unpaired) electrons. The number of carboxylic acid groups (broad SMARTS) is 1. The van der Waals surface area contributed by atoms with Gasteiger partial charge in [0.05, 0.1) is 0 Å². The van der Waals surface area contributed by atoms with Gasteiger partial charge in [-0.2, -0.15) is 0 Å². The van der Waals surface area contributed by atoms with Crippen LogP contribution in [0.2, 0.25) is 0 Å². The highest BCUT2D eigenvalue weighted by Crippen LogP contribution is 2.06. The Balaban J connectivity index is 0.00000154. The maximum atomic E-state index is 11.2. The fourth-order valence-electron chi connectivity index (χ4n) is 1.47. The van der Waals surface area contributed by atoms with Gasteiger partial charge in [-0.05, 0) is 25.3 Å². The van der Waals surface area contributed by atoms with Crippen LogP contribution in [-0.2, 0) is 16.0 Å². The van der Waals surface area contributed by atoms with Gasteiger partial charge in [-0.25, -0.2) is 0 Å². The lowest BCUT2D eigenvalue weighted by atomic mass is 10.1. The van der Waals surface area contributed by atoms with Gasteiger partial charge in [-0.15, -0.1) is 0 Å². The molecule has 1 aromatic rings. The zero-order valence-corrected chi connectivity index (χ0v) is 11.9. The lowest BCUT2D eigenvalue weighted by Crippen LogP contribution is -2.28. The van der Waals surface area contributed by atoms with Crippen molar-refractivity contribution in [2.75, 3.05) is 6.54 Å². The number of aryl methyl sites for hydroxylation is 2. The van der Waals surface area contributed by atoms with Crippen LogP contribution in [0, 0.1) is 6.92 Å². The second-order valence-corrected chi connectivity index (χ2v) is 4.01. The van der Waals surface area contributed by atoms with Crippen LogP contribution in [0.15, 0.2) is 24.3 Å². The minimum Gasteiger partial charge on any atom is -0.480 e. The highest BCUT2D eigenvalue weighted by atomic mass is 16.4. The van der Waals surface area contributed by atoms with Crippen molar-refractivity contribution < 1.29 is 14.7 Å². The van der Waals surface area contributed by atoms with Crippen molar-refractivity contribution in [3.8, 4) is 0 Å². The highest BCUT2D eigenvalue weighted by molar-refractivity contribution is 5.80. The number of benzene rings is 1. The zero-order chi connectivity index (χ0) is 14.7. The molecule has 2 N–H and O–H groups in total. The minimum absolute atomic E-state index is 0.209. The fraction of sp³-hybridized carbons (Fsp3) is 0.467. The second kappa shape index (κ2) is 10.1. The highest BCUT2D eigenvalue weighted by Gasteiger charge is 2.03. The first-order chi connectivity index (χ1) is 9.08. The fourth-order valence-corrected chi connectivity index (χ4v) is 1.47. The second-order valence-electron chi connectivity index (χ2n) is 4.01. The van der Waals surface area contributed by atoms with E-state index in [1.807, 2.05) is 45.0 Å². The maximum Gasteiger partial charge on any atom is 0.322 e. The summed E-state index contributed by atoms with van der Waals surface area (Å²) in [6.07, 6.45) is 1.93. The van der Waals surface area contributed by atoms with E-state index >= 15 is 0 Å². The summed E-state index contributed by atoms with van der Waals surface area (Å²) in [6.45, 7) is 5.73. The third-order valence-corrected chi connectivity index (χ3v) is 2.43. The Hall–Kier alpha value is -1.84. The molecule has 0 bridgehead atoms. The average molecular weight is 265 g/mol. The molecule has 1 amide bonds. The first-order valence-electron chi connectivity index (χ1n) is 6.62. The summed E-state index contributed by atoms with van der Waals surface area (Å²) in [4.78, 5) is 21.4. The number of hydrogen-bond donors (Lipinski definition) is 2. The number of rotatable bonds is 6. The van der Waals surface area contributed by atoms with Crippen molar-refractivity contribution in [2.24, 2.45) is 0 Å². The monoisotopic (exact) mass is 265 g/mol. The predicted octanol–water partition coefficient (Wildman–Crippen LogP) is 2.54. The summed E-state index contributed by atoms with van der Waals surface area (Å²) in [6, 6.07) is 8.18. The lowest BCUT2D eigenvalue weighted by Gasteiger charge is -2.03. The molecule has 0 atom stereocenters. The number of carboxylic acids is 1. The van der Waals surface area contributed by atoms with E-state index in [0.717, 1.165) is 12.8 Å². The van der Waals surface area contributed by atoms with Crippen LogP contribution in [0.5, 0.6) is 0 Å². The molecule has 0 heterocycles. The molecule has 4 nitrogen and oxygen atoms in total. The van der Waals surface area contributed by atoms with Gasteiger partial charge in [0.1, 0.15) is 6.54 Å². The normalized spacial score (nSPS) is 9.21. The van der Waals surface area contributed by atoms with Gasteiger partial charge in [-0.3, -0.25) is 9.59 Å². The smallest absolute Gasteiger partial charge is 0.322 e. The van der Waals surface area contributed by atoms with Crippen LogP contribution >= 0.6 is 0 Å². The SMILES string of the molecule is CC.Cc1ccc(CCCC(=O)NCC(=O)O)cc1. The molecule has 1 rings (SSSR count). The third kappa shape index (κ3) is 8.83. The molecular formula is C15H23NO3. The van der Waals surface area contributed by atoms with E-state index in [1.165, 1.54) is 11.1 Å². The molecule has 0 aliphatic carbocycles. The maximum absolute atomic E-state index is 11.2. The Labute approximate surface area is 114 Å². The minimum atomic E-state index is -1.02. The molecule has 1 aromatic carbocycles. The van der Waals surface area contributed by atoms with Gasteiger partial charge in [-0.1, -0.05) is 43.7 Å². The molecular weight excluding hydrogens is 242 g/mol. The first kappa shape index (κ1) is 17.2. The summed E-state index contributed by atoms with van der Waals surface area (Å²) in [5.41, 5.74) is 2.41. The van der Waals surface area contributed by atoms with Crippen molar-refractivity contribution in [1.29, 1.82) is 0 Å². The number of hydrogen-bond acceptors (Lipinski definition) is 2. The molecule has 0 aromatic heterocycles. The van der Waals surface area contributed by atoms with Crippen LogP contribution in [0.25, 0.3) is 0 Å². The van der Waals surface area contributed by atoms with Crippen LogP contribution in [0.1, 0.15) is 37.8 Å². The van der Waals surface area contributed by atoms with E-state index in [4.69, 9.17) is 5.11 Å². The van der Waals surface area contributed by atoms with Crippen LogP contribution in [-0.4, -0.2) is 23.5 Å². The summed E-state index contributed by atoms with van der Waals surface area (Å²) in [7, 11) is 0. The van der Waals surface area contributed by atoms with E-state index in [0.29, 0.717) is 6.42 Å². The van der Waals surface area contributed by atoms with Gasteiger partial charge in [0.25, 0.3) is 0 Å².